The average Bonchev–Trinajstić information content (AvgIpc) is 2.62. The molecule has 0 spiro atoms. The second-order valence-electron chi connectivity index (χ2n) is 6.81. The Kier molecular flexibility index (Phi) is 6.32. The minimum Gasteiger partial charge on any atom is -0.333 e. The van der Waals surface area contributed by atoms with Gasteiger partial charge in [-0.25, -0.2) is 0 Å². The first-order valence-corrected chi connectivity index (χ1v) is 9.57. The van der Waals surface area contributed by atoms with E-state index in [-0.39, 0.29) is 24.4 Å². The van der Waals surface area contributed by atoms with E-state index in [0.29, 0.717) is 31.1 Å². The predicted molar refractivity (Wildman–Crippen MR) is 98.4 cm³/mol. The van der Waals surface area contributed by atoms with Crippen LogP contribution in [0.25, 0.3) is 0 Å². The lowest BCUT2D eigenvalue weighted by Crippen LogP contribution is -2.52. The van der Waals surface area contributed by atoms with Crippen molar-refractivity contribution in [3.05, 3.63) is 34.9 Å². The minimum atomic E-state index is -0.0835. The maximum Gasteiger partial charge on any atom is 0.242 e. The van der Waals surface area contributed by atoms with Crippen LogP contribution in [-0.2, 0) is 9.59 Å². The summed E-state index contributed by atoms with van der Waals surface area (Å²) in [6.45, 7) is 2.95. The molecule has 2 saturated heterocycles. The normalized spacial score (nSPS) is 22.4. The van der Waals surface area contributed by atoms with Gasteiger partial charge in [0.1, 0.15) is 0 Å². The lowest BCUT2D eigenvalue weighted by atomic mass is 10.0. The molecule has 0 radical (unpaired) electrons. The Bertz CT molecular complexity index is 622. The highest BCUT2D eigenvalue weighted by atomic mass is 35.5. The van der Waals surface area contributed by atoms with E-state index in [4.69, 9.17) is 11.6 Å². The summed E-state index contributed by atoms with van der Waals surface area (Å²) in [5.74, 6) is 0.123. The molecule has 1 aromatic rings. The largest absolute Gasteiger partial charge is 0.333 e. The molecule has 2 aliphatic rings. The van der Waals surface area contributed by atoms with Crippen LogP contribution in [0.1, 0.15) is 43.7 Å². The van der Waals surface area contributed by atoms with E-state index in [0.717, 1.165) is 37.8 Å². The lowest BCUT2D eigenvalue weighted by molar-refractivity contribution is -0.143. The van der Waals surface area contributed by atoms with Gasteiger partial charge in [0.25, 0.3) is 0 Å². The van der Waals surface area contributed by atoms with Crippen LogP contribution in [0.15, 0.2) is 24.3 Å². The van der Waals surface area contributed by atoms with Gasteiger partial charge in [-0.2, -0.15) is 0 Å². The van der Waals surface area contributed by atoms with E-state index in [1.54, 1.807) is 4.90 Å². The van der Waals surface area contributed by atoms with Gasteiger partial charge >= 0.3 is 0 Å². The molecular weight excluding hydrogens is 338 g/mol. The second kappa shape index (κ2) is 8.68. The number of nitrogens with zero attached hydrogens (tertiary/aromatic N) is 2. The van der Waals surface area contributed by atoms with Crippen molar-refractivity contribution in [2.24, 2.45) is 0 Å². The van der Waals surface area contributed by atoms with Crippen molar-refractivity contribution >= 4 is 23.4 Å². The van der Waals surface area contributed by atoms with Crippen LogP contribution in [0, 0.1) is 0 Å². The summed E-state index contributed by atoms with van der Waals surface area (Å²) in [7, 11) is 0. The molecule has 1 unspecified atom stereocenters. The molecule has 0 bridgehead atoms. The van der Waals surface area contributed by atoms with Crippen molar-refractivity contribution in [3.63, 3.8) is 0 Å². The molecule has 2 heterocycles. The van der Waals surface area contributed by atoms with Crippen LogP contribution in [0.4, 0.5) is 0 Å². The molecule has 136 valence electrons. The van der Waals surface area contributed by atoms with Crippen LogP contribution in [-0.4, -0.2) is 54.3 Å². The third kappa shape index (κ3) is 4.53. The van der Waals surface area contributed by atoms with Crippen molar-refractivity contribution in [1.29, 1.82) is 0 Å². The van der Waals surface area contributed by atoms with E-state index in [2.05, 4.69) is 5.32 Å². The Morgan fingerprint density at radius 3 is 2.80 bits per heavy atom. The SMILES string of the molecule is O=C1CCCCCCN1CC(=O)N1CCNCC1c1ccccc1Cl. The molecule has 1 atom stereocenters. The standard InChI is InChI=1S/C19H26ClN3O2/c20-16-8-5-4-7-15(16)17-13-21-10-12-23(17)19(25)14-22-11-6-2-1-3-9-18(22)24/h4-5,7-8,17,21H,1-3,6,9-14H2. The second-order valence-corrected chi connectivity index (χ2v) is 7.22. The quantitative estimate of drug-likeness (QED) is 0.898. The van der Waals surface area contributed by atoms with E-state index in [9.17, 15) is 9.59 Å². The molecule has 2 amide bonds. The highest BCUT2D eigenvalue weighted by Gasteiger charge is 2.30. The molecule has 1 N–H and O–H groups in total. The number of nitrogens with one attached hydrogen (secondary N) is 1. The number of carbonyl (C=O) groups is 2. The zero-order chi connectivity index (χ0) is 17.6. The van der Waals surface area contributed by atoms with Crippen LogP contribution in [0.5, 0.6) is 0 Å². The van der Waals surface area contributed by atoms with Crippen molar-refractivity contribution in [2.45, 2.75) is 38.1 Å². The highest BCUT2D eigenvalue weighted by molar-refractivity contribution is 6.31. The van der Waals surface area contributed by atoms with Crippen LogP contribution < -0.4 is 5.32 Å². The molecule has 25 heavy (non-hydrogen) atoms. The van der Waals surface area contributed by atoms with Gasteiger partial charge < -0.3 is 15.1 Å². The van der Waals surface area contributed by atoms with E-state index >= 15 is 0 Å². The molecule has 5 nitrogen and oxygen atoms in total. The van der Waals surface area contributed by atoms with Crippen molar-refractivity contribution in [1.82, 2.24) is 15.1 Å². The molecule has 0 aromatic heterocycles. The molecule has 6 heteroatoms. The number of benzene rings is 1. The topological polar surface area (TPSA) is 52.7 Å². The summed E-state index contributed by atoms with van der Waals surface area (Å²) in [5, 5.41) is 4.02. The Hall–Kier alpha value is -1.59. The number of amides is 2. The predicted octanol–water partition coefficient (Wildman–Crippen LogP) is 2.61. The van der Waals surface area contributed by atoms with Crippen LogP contribution in [0.2, 0.25) is 5.02 Å². The first-order chi connectivity index (χ1) is 12.2. The van der Waals surface area contributed by atoms with Crippen molar-refractivity contribution < 1.29 is 9.59 Å². The number of hydrogen-bond acceptors (Lipinski definition) is 3. The molecule has 0 saturated carbocycles. The summed E-state index contributed by atoms with van der Waals surface area (Å²) in [5.41, 5.74) is 0.962. The van der Waals surface area contributed by atoms with Gasteiger partial charge in [0.05, 0.1) is 12.6 Å². The van der Waals surface area contributed by atoms with E-state index in [1.807, 2.05) is 29.2 Å². The zero-order valence-corrected chi connectivity index (χ0v) is 15.3. The van der Waals surface area contributed by atoms with Crippen LogP contribution >= 0.6 is 11.6 Å². The van der Waals surface area contributed by atoms with Gasteiger partial charge in [-0.15, -0.1) is 0 Å². The lowest BCUT2D eigenvalue weighted by Gasteiger charge is -2.38. The molecule has 2 aliphatic heterocycles. The van der Waals surface area contributed by atoms with E-state index in [1.165, 1.54) is 0 Å². The summed E-state index contributed by atoms with van der Waals surface area (Å²) < 4.78 is 0. The number of piperazine rings is 1. The smallest absolute Gasteiger partial charge is 0.242 e. The fraction of sp³-hybridized carbons (Fsp3) is 0.579. The highest BCUT2D eigenvalue weighted by Crippen LogP contribution is 2.28. The number of halogens is 1. The van der Waals surface area contributed by atoms with Gasteiger partial charge in [0.15, 0.2) is 0 Å². The number of rotatable bonds is 3. The average molecular weight is 364 g/mol. The molecule has 2 fully saturated rings. The van der Waals surface area contributed by atoms with Crippen molar-refractivity contribution in [3.8, 4) is 0 Å². The fourth-order valence-electron chi connectivity index (χ4n) is 3.66. The maximum atomic E-state index is 13.0. The molecular formula is C19H26ClN3O2. The summed E-state index contributed by atoms with van der Waals surface area (Å²) >= 11 is 6.35. The van der Waals surface area contributed by atoms with Gasteiger partial charge in [0, 0.05) is 37.6 Å². The summed E-state index contributed by atoms with van der Waals surface area (Å²) in [6, 6.07) is 7.59. The Morgan fingerprint density at radius 1 is 1.16 bits per heavy atom. The Morgan fingerprint density at radius 2 is 1.96 bits per heavy atom. The first kappa shape index (κ1) is 18.2. The van der Waals surface area contributed by atoms with Crippen LogP contribution in [0.3, 0.4) is 0 Å². The summed E-state index contributed by atoms with van der Waals surface area (Å²) in [6.07, 6.45) is 4.71. The van der Waals surface area contributed by atoms with Gasteiger partial charge in [-0.3, -0.25) is 9.59 Å². The van der Waals surface area contributed by atoms with Crippen molar-refractivity contribution in [2.75, 3.05) is 32.7 Å². The fourth-order valence-corrected chi connectivity index (χ4v) is 3.92. The third-order valence-corrected chi connectivity index (χ3v) is 5.42. The maximum absolute atomic E-state index is 13.0. The summed E-state index contributed by atoms with van der Waals surface area (Å²) in [4.78, 5) is 28.9. The third-order valence-electron chi connectivity index (χ3n) is 5.08. The van der Waals surface area contributed by atoms with Gasteiger partial charge in [-0.05, 0) is 24.5 Å². The Labute approximate surface area is 154 Å². The number of carbonyl (C=O) groups excluding carboxylic acids is 2. The van der Waals surface area contributed by atoms with Gasteiger partial charge in [-0.1, -0.05) is 42.6 Å². The molecule has 3 rings (SSSR count). The minimum absolute atomic E-state index is 0.0142. The number of likely N-dealkylation sites (tertiary alicyclic amines) is 1. The number of hydrogen-bond donors (Lipinski definition) is 1. The Balaban J connectivity index is 1.72. The zero-order valence-electron chi connectivity index (χ0n) is 14.5. The van der Waals surface area contributed by atoms with E-state index < -0.39 is 0 Å². The first-order valence-electron chi connectivity index (χ1n) is 9.19. The monoisotopic (exact) mass is 363 g/mol. The van der Waals surface area contributed by atoms with Gasteiger partial charge in [0.2, 0.25) is 11.8 Å². The molecule has 0 aliphatic carbocycles. The molecule has 1 aromatic carbocycles.